The second-order valence-electron chi connectivity index (χ2n) is 1.65. The molecule has 1 rings (SSSR count). The van der Waals surface area contributed by atoms with Crippen LogP contribution >= 0.6 is 34.9 Å². The molecule has 0 aliphatic rings. The van der Waals surface area contributed by atoms with Crippen LogP contribution in [0, 0.1) is 0 Å². The maximum atomic E-state index is 10.6. The molecule has 6 heteroatoms. The van der Waals surface area contributed by atoms with E-state index in [9.17, 15) is 4.57 Å². The van der Waals surface area contributed by atoms with Gasteiger partial charge in [-0.05, 0) is 15.9 Å². The van der Waals surface area contributed by atoms with Crippen LogP contribution in [-0.2, 0) is 4.57 Å². The van der Waals surface area contributed by atoms with Crippen molar-refractivity contribution in [2.24, 2.45) is 0 Å². The lowest BCUT2D eigenvalue weighted by molar-refractivity contribution is 0.387. The van der Waals surface area contributed by atoms with Gasteiger partial charge in [-0.3, -0.25) is 4.57 Å². The van der Waals surface area contributed by atoms with Gasteiger partial charge in [0.05, 0.1) is 5.30 Å². The summed E-state index contributed by atoms with van der Waals surface area (Å²) in [6.07, 6.45) is 0. The van der Waals surface area contributed by atoms with E-state index in [0.29, 0.717) is 4.47 Å². The Morgan fingerprint density at radius 3 is 2.30 bits per heavy atom. The summed E-state index contributed by atoms with van der Waals surface area (Å²) in [5, 5.41) is 3.14. The van der Waals surface area contributed by atoms with E-state index >= 15 is 0 Å². The zero-order valence-electron chi connectivity index (χ0n) is 4.69. The highest BCUT2D eigenvalue weighted by molar-refractivity contribution is 9.10. The topological polar surface area (TPSA) is 57.5 Å². The van der Waals surface area contributed by atoms with Crippen molar-refractivity contribution in [3.63, 3.8) is 0 Å². The summed E-state index contributed by atoms with van der Waals surface area (Å²) in [6.45, 7) is 0. The highest BCUT2D eigenvalue weighted by Gasteiger charge is 2.20. The molecule has 1 heterocycles. The first-order valence-corrected chi connectivity index (χ1v) is 5.64. The normalized spacial score (nSPS) is 11.9. The lowest BCUT2D eigenvalue weighted by atomic mass is 10.7. The molecule has 56 valence electrons. The number of thiophene rings is 1. The van der Waals surface area contributed by atoms with Gasteiger partial charge in [0.15, 0.2) is 0 Å². The van der Waals surface area contributed by atoms with Gasteiger partial charge in [-0.2, -0.15) is 11.3 Å². The third kappa shape index (κ3) is 1.68. The molecule has 0 fully saturated rings. The maximum Gasteiger partial charge on any atom is 0.358 e. The fourth-order valence-electron chi connectivity index (χ4n) is 0.483. The Kier molecular flexibility index (Phi) is 2.32. The standard InChI is InChI=1S/C4H4BrO3PS/c5-3-1-10-2-4(3)9(6,7)8/h1-2H,(H2,6,7,8). The van der Waals surface area contributed by atoms with Crippen LogP contribution in [-0.4, -0.2) is 9.79 Å². The van der Waals surface area contributed by atoms with Gasteiger partial charge in [-0.15, -0.1) is 0 Å². The Balaban J connectivity index is 3.18. The molecule has 0 bridgehead atoms. The summed E-state index contributed by atoms with van der Waals surface area (Å²) in [4.78, 5) is 17.3. The summed E-state index contributed by atoms with van der Waals surface area (Å²) >= 11 is 4.27. The van der Waals surface area contributed by atoms with E-state index in [1.54, 1.807) is 5.38 Å². The van der Waals surface area contributed by atoms with Gasteiger partial charge in [0.2, 0.25) is 0 Å². The lowest BCUT2D eigenvalue weighted by Crippen LogP contribution is -2.00. The van der Waals surface area contributed by atoms with Crippen molar-refractivity contribution in [2.45, 2.75) is 0 Å². The molecule has 0 radical (unpaired) electrons. The van der Waals surface area contributed by atoms with Crippen molar-refractivity contribution in [1.29, 1.82) is 0 Å². The SMILES string of the molecule is O=P(O)(O)c1cscc1Br. The number of hydrogen-bond acceptors (Lipinski definition) is 2. The van der Waals surface area contributed by atoms with Crippen LogP contribution in [0.3, 0.4) is 0 Å². The number of halogens is 1. The Hall–Kier alpha value is 0.330. The van der Waals surface area contributed by atoms with Gasteiger partial charge in [-0.25, -0.2) is 0 Å². The Morgan fingerprint density at radius 1 is 1.50 bits per heavy atom. The van der Waals surface area contributed by atoms with Crippen LogP contribution in [0.15, 0.2) is 15.2 Å². The van der Waals surface area contributed by atoms with Crippen LogP contribution in [0.1, 0.15) is 0 Å². The minimum absolute atomic E-state index is 0.0671. The van der Waals surface area contributed by atoms with E-state index in [4.69, 9.17) is 9.79 Å². The summed E-state index contributed by atoms with van der Waals surface area (Å²) in [7, 11) is -4.04. The zero-order valence-corrected chi connectivity index (χ0v) is 7.99. The highest BCUT2D eigenvalue weighted by atomic mass is 79.9. The van der Waals surface area contributed by atoms with Crippen LogP contribution in [0.2, 0.25) is 0 Å². The predicted molar refractivity (Wildman–Crippen MR) is 43.7 cm³/mol. The smallest absolute Gasteiger partial charge is 0.321 e. The van der Waals surface area contributed by atoms with E-state index in [0.717, 1.165) is 0 Å². The molecule has 2 N–H and O–H groups in total. The molecular weight excluding hydrogens is 239 g/mol. The third-order valence-corrected chi connectivity index (χ3v) is 4.09. The molecule has 0 saturated heterocycles. The Morgan fingerprint density at radius 2 is 2.10 bits per heavy atom. The van der Waals surface area contributed by atoms with Crippen LogP contribution in [0.25, 0.3) is 0 Å². The molecule has 3 nitrogen and oxygen atoms in total. The van der Waals surface area contributed by atoms with E-state index in [1.165, 1.54) is 16.7 Å². The van der Waals surface area contributed by atoms with Gasteiger partial charge in [-0.1, -0.05) is 0 Å². The molecule has 0 aliphatic heterocycles. The van der Waals surface area contributed by atoms with E-state index in [-0.39, 0.29) is 5.30 Å². The third-order valence-electron chi connectivity index (χ3n) is 0.910. The molecule has 0 atom stereocenters. The quantitative estimate of drug-likeness (QED) is 0.731. The van der Waals surface area contributed by atoms with Gasteiger partial charge >= 0.3 is 7.60 Å². The van der Waals surface area contributed by atoms with Gasteiger partial charge in [0.25, 0.3) is 0 Å². The van der Waals surface area contributed by atoms with Gasteiger partial charge in [0.1, 0.15) is 0 Å². The highest BCUT2D eigenvalue weighted by Crippen LogP contribution is 2.37. The van der Waals surface area contributed by atoms with E-state index in [1.807, 2.05) is 0 Å². The first kappa shape index (κ1) is 8.43. The summed E-state index contributed by atoms with van der Waals surface area (Å²) < 4.78 is 11.1. The molecule has 1 aromatic heterocycles. The van der Waals surface area contributed by atoms with E-state index < -0.39 is 7.60 Å². The van der Waals surface area contributed by atoms with Crippen molar-refractivity contribution in [3.8, 4) is 0 Å². The van der Waals surface area contributed by atoms with Crippen LogP contribution in [0.5, 0.6) is 0 Å². The number of rotatable bonds is 1. The molecule has 0 aliphatic carbocycles. The summed E-state index contributed by atoms with van der Waals surface area (Å²) in [5.41, 5.74) is 0. The van der Waals surface area contributed by atoms with Crippen molar-refractivity contribution in [1.82, 2.24) is 0 Å². The molecule has 0 amide bonds. The van der Waals surface area contributed by atoms with Crippen molar-refractivity contribution in [3.05, 3.63) is 15.2 Å². The molecule has 0 unspecified atom stereocenters. The Labute approximate surface area is 70.0 Å². The summed E-state index contributed by atoms with van der Waals surface area (Å²) in [6, 6.07) is 0. The van der Waals surface area contributed by atoms with Gasteiger partial charge < -0.3 is 9.79 Å². The van der Waals surface area contributed by atoms with Crippen molar-refractivity contribution in [2.75, 3.05) is 0 Å². The first-order valence-electron chi connectivity index (χ1n) is 2.29. The molecular formula is C4H4BrO3PS. The number of hydrogen-bond donors (Lipinski definition) is 2. The second-order valence-corrected chi connectivity index (χ2v) is 4.82. The molecule has 10 heavy (non-hydrogen) atoms. The fraction of sp³-hybridized carbons (Fsp3) is 0. The fourth-order valence-corrected chi connectivity index (χ4v) is 3.50. The van der Waals surface area contributed by atoms with Gasteiger partial charge in [0, 0.05) is 15.2 Å². The monoisotopic (exact) mass is 242 g/mol. The molecule has 0 saturated carbocycles. The predicted octanol–water partition coefficient (Wildman–Crippen LogP) is 1.31. The summed E-state index contributed by atoms with van der Waals surface area (Å²) in [5.74, 6) is 0. The lowest BCUT2D eigenvalue weighted by Gasteiger charge is -1.99. The zero-order chi connectivity index (χ0) is 7.78. The minimum atomic E-state index is -4.04. The molecule has 0 spiro atoms. The van der Waals surface area contributed by atoms with Crippen LogP contribution in [0.4, 0.5) is 0 Å². The second kappa shape index (κ2) is 2.75. The first-order chi connectivity index (χ1) is 4.52. The average molecular weight is 243 g/mol. The van der Waals surface area contributed by atoms with E-state index in [2.05, 4.69) is 15.9 Å². The minimum Gasteiger partial charge on any atom is -0.321 e. The van der Waals surface area contributed by atoms with Crippen molar-refractivity contribution < 1.29 is 14.4 Å². The maximum absolute atomic E-state index is 10.6. The average Bonchev–Trinajstić information content (AvgIpc) is 2.11. The molecule has 1 aromatic rings. The van der Waals surface area contributed by atoms with Crippen molar-refractivity contribution >= 4 is 40.2 Å². The largest absolute Gasteiger partial charge is 0.358 e. The molecule has 0 aromatic carbocycles. The van der Waals surface area contributed by atoms with Crippen LogP contribution < -0.4 is 5.30 Å². The Bertz CT molecular complexity index is 278.